The van der Waals surface area contributed by atoms with E-state index in [2.05, 4.69) is 37.3 Å². The first-order valence-corrected chi connectivity index (χ1v) is 5.61. The van der Waals surface area contributed by atoms with Crippen LogP contribution in [0.2, 0.25) is 0 Å². The van der Waals surface area contributed by atoms with Crippen LogP contribution < -0.4 is 11.3 Å². The average molecular weight is 273 g/mol. The summed E-state index contributed by atoms with van der Waals surface area (Å²) in [5, 5.41) is 0. The second-order valence-corrected chi connectivity index (χ2v) is 4.76. The molecule has 1 atom stereocenters. The van der Waals surface area contributed by atoms with Crippen LogP contribution in [0.5, 0.6) is 0 Å². The van der Waals surface area contributed by atoms with E-state index in [0.717, 1.165) is 17.4 Å². The van der Waals surface area contributed by atoms with E-state index in [1.165, 1.54) is 5.56 Å². The Bertz CT molecular complexity index is 303. The van der Waals surface area contributed by atoms with Gasteiger partial charge in [-0.05, 0) is 48.1 Å². The lowest BCUT2D eigenvalue weighted by molar-refractivity contribution is 0.338. The average Bonchev–Trinajstić information content (AvgIpc) is 2.16. The first-order valence-electron chi connectivity index (χ1n) is 4.82. The molecule has 0 aliphatic rings. The Morgan fingerprint density at radius 3 is 2.80 bits per heavy atom. The van der Waals surface area contributed by atoms with E-state index >= 15 is 0 Å². The van der Waals surface area contributed by atoms with Crippen molar-refractivity contribution in [2.24, 2.45) is 5.84 Å². The maximum absolute atomic E-state index is 5.50. The summed E-state index contributed by atoms with van der Waals surface area (Å²) in [5.41, 5.74) is 3.99. The van der Waals surface area contributed by atoms with Crippen molar-refractivity contribution >= 4 is 15.9 Å². The number of nitrogens with two attached hydrogens (primary N) is 1. The summed E-state index contributed by atoms with van der Waals surface area (Å²) < 4.78 is 1.00. The lowest BCUT2D eigenvalue weighted by Gasteiger charge is -2.20. The van der Waals surface area contributed by atoms with Crippen LogP contribution in [0.15, 0.2) is 22.9 Å². The van der Waals surface area contributed by atoms with Crippen LogP contribution in [0.4, 0.5) is 0 Å². The number of halogens is 1. The zero-order chi connectivity index (χ0) is 11.3. The van der Waals surface area contributed by atoms with Crippen molar-refractivity contribution in [3.05, 3.63) is 28.5 Å². The van der Waals surface area contributed by atoms with Gasteiger partial charge in [0, 0.05) is 29.5 Å². The molecule has 1 aromatic heterocycles. The third-order valence-electron chi connectivity index (χ3n) is 2.06. The van der Waals surface area contributed by atoms with Crippen molar-refractivity contribution < 1.29 is 0 Å². The molecule has 0 bridgehead atoms. The summed E-state index contributed by atoms with van der Waals surface area (Å²) in [6.45, 7) is 0.906. The standard InChI is InChI=1S/C10H17BrN4/c1-15(2)7-10(14-12)4-8-3-9(11)6-13-5-8/h3,5-6,10,14H,4,7,12H2,1-2H3. The number of nitrogens with zero attached hydrogens (tertiary/aromatic N) is 2. The fraction of sp³-hybridized carbons (Fsp3) is 0.500. The smallest absolute Gasteiger partial charge is 0.0410 e. The molecular formula is C10H17BrN4. The highest BCUT2D eigenvalue weighted by atomic mass is 79.9. The number of hydrazine groups is 1. The summed E-state index contributed by atoms with van der Waals surface area (Å²) in [6, 6.07) is 2.31. The molecule has 0 spiro atoms. The van der Waals surface area contributed by atoms with Gasteiger partial charge in [-0.3, -0.25) is 16.3 Å². The van der Waals surface area contributed by atoms with Gasteiger partial charge < -0.3 is 4.90 Å². The van der Waals surface area contributed by atoms with Crippen molar-refractivity contribution in [2.45, 2.75) is 12.5 Å². The van der Waals surface area contributed by atoms with E-state index in [0.29, 0.717) is 0 Å². The topological polar surface area (TPSA) is 54.2 Å². The van der Waals surface area contributed by atoms with E-state index in [-0.39, 0.29) is 6.04 Å². The molecule has 1 aromatic rings. The molecule has 5 heteroatoms. The summed E-state index contributed by atoms with van der Waals surface area (Å²) in [7, 11) is 4.06. The van der Waals surface area contributed by atoms with E-state index in [9.17, 15) is 0 Å². The molecule has 15 heavy (non-hydrogen) atoms. The lowest BCUT2D eigenvalue weighted by atomic mass is 10.1. The van der Waals surface area contributed by atoms with Crippen molar-refractivity contribution in [1.29, 1.82) is 0 Å². The van der Waals surface area contributed by atoms with Gasteiger partial charge in [0.25, 0.3) is 0 Å². The lowest BCUT2D eigenvalue weighted by Crippen LogP contribution is -2.43. The van der Waals surface area contributed by atoms with Gasteiger partial charge in [-0.1, -0.05) is 0 Å². The maximum atomic E-state index is 5.50. The van der Waals surface area contributed by atoms with Crippen molar-refractivity contribution in [3.63, 3.8) is 0 Å². The van der Waals surface area contributed by atoms with E-state index in [1.54, 1.807) is 6.20 Å². The van der Waals surface area contributed by atoms with E-state index in [4.69, 9.17) is 5.84 Å². The number of hydrogen-bond acceptors (Lipinski definition) is 4. The molecule has 4 nitrogen and oxygen atoms in total. The number of rotatable bonds is 5. The molecule has 0 fully saturated rings. The molecular weight excluding hydrogens is 256 g/mol. The molecule has 3 N–H and O–H groups in total. The Morgan fingerprint density at radius 1 is 1.53 bits per heavy atom. The fourth-order valence-corrected chi connectivity index (χ4v) is 1.88. The van der Waals surface area contributed by atoms with Crippen LogP contribution in [0.25, 0.3) is 0 Å². The Kier molecular flexibility index (Phi) is 5.17. The molecule has 0 saturated carbocycles. The van der Waals surface area contributed by atoms with Crippen LogP contribution in [0, 0.1) is 0 Å². The maximum Gasteiger partial charge on any atom is 0.0410 e. The Balaban J connectivity index is 2.58. The summed E-state index contributed by atoms with van der Waals surface area (Å²) in [4.78, 5) is 6.23. The van der Waals surface area contributed by atoms with E-state index in [1.807, 2.05) is 20.3 Å². The van der Waals surface area contributed by atoms with Crippen molar-refractivity contribution in [1.82, 2.24) is 15.3 Å². The molecule has 0 aliphatic carbocycles. The minimum absolute atomic E-state index is 0.246. The predicted molar refractivity (Wildman–Crippen MR) is 65.3 cm³/mol. The zero-order valence-electron chi connectivity index (χ0n) is 9.07. The molecule has 0 amide bonds. The highest BCUT2D eigenvalue weighted by molar-refractivity contribution is 9.10. The van der Waals surface area contributed by atoms with Gasteiger partial charge in [0.1, 0.15) is 0 Å². The highest BCUT2D eigenvalue weighted by Crippen LogP contribution is 2.11. The molecule has 0 radical (unpaired) electrons. The van der Waals surface area contributed by atoms with Crippen molar-refractivity contribution in [2.75, 3.05) is 20.6 Å². The van der Waals surface area contributed by atoms with Crippen LogP contribution in [0.3, 0.4) is 0 Å². The minimum Gasteiger partial charge on any atom is -0.308 e. The van der Waals surface area contributed by atoms with Gasteiger partial charge >= 0.3 is 0 Å². The van der Waals surface area contributed by atoms with Crippen LogP contribution >= 0.6 is 15.9 Å². The minimum atomic E-state index is 0.246. The van der Waals surface area contributed by atoms with Crippen LogP contribution in [0.1, 0.15) is 5.56 Å². The van der Waals surface area contributed by atoms with Crippen molar-refractivity contribution in [3.8, 4) is 0 Å². The first-order chi connectivity index (χ1) is 7.11. The molecule has 84 valence electrons. The molecule has 1 rings (SSSR count). The van der Waals surface area contributed by atoms with Gasteiger partial charge in [0.15, 0.2) is 0 Å². The van der Waals surface area contributed by atoms with Gasteiger partial charge in [-0.15, -0.1) is 0 Å². The van der Waals surface area contributed by atoms with Crippen LogP contribution in [-0.2, 0) is 6.42 Å². The highest BCUT2D eigenvalue weighted by Gasteiger charge is 2.09. The number of aromatic nitrogens is 1. The Morgan fingerprint density at radius 2 is 2.27 bits per heavy atom. The first kappa shape index (κ1) is 12.6. The third kappa shape index (κ3) is 4.70. The molecule has 0 aromatic carbocycles. The summed E-state index contributed by atoms with van der Waals surface area (Å²) in [6.07, 6.45) is 4.52. The quantitative estimate of drug-likeness (QED) is 0.615. The fourth-order valence-electron chi connectivity index (χ4n) is 1.47. The molecule has 0 aliphatic heterocycles. The molecule has 1 unspecified atom stereocenters. The van der Waals surface area contributed by atoms with Crippen LogP contribution in [-0.4, -0.2) is 36.6 Å². The monoisotopic (exact) mass is 272 g/mol. The van der Waals surface area contributed by atoms with E-state index < -0.39 is 0 Å². The number of likely N-dealkylation sites (N-methyl/N-ethyl adjacent to an activating group) is 1. The normalized spacial score (nSPS) is 13.1. The summed E-state index contributed by atoms with van der Waals surface area (Å²) in [5.74, 6) is 5.50. The van der Waals surface area contributed by atoms with Gasteiger partial charge in [-0.25, -0.2) is 0 Å². The number of nitrogens with one attached hydrogen (secondary N) is 1. The molecule has 1 heterocycles. The summed E-state index contributed by atoms with van der Waals surface area (Å²) >= 11 is 3.40. The van der Waals surface area contributed by atoms with Gasteiger partial charge in [-0.2, -0.15) is 0 Å². The Labute approximate surface area is 99.0 Å². The van der Waals surface area contributed by atoms with Gasteiger partial charge in [0.2, 0.25) is 0 Å². The SMILES string of the molecule is CN(C)CC(Cc1cncc(Br)c1)NN. The number of pyridine rings is 1. The zero-order valence-corrected chi connectivity index (χ0v) is 10.7. The number of hydrogen-bond donors (Lipinski definition) is 2. The second-order valence-electron chi connectivity index (χ2n) is 3.84. The Hall–Kier alpha value is -0.490. The second kappa shape index (κ2) is 6.17. The largest absolute Gasteiger partial charge is 0.308 e. The van der Waals surface area contributed by atoms with Gasteiger partial charge in [0.05, 0.1) is 0 Å². The molecule has 0 saturated heterocycles. The predicted octanol–water partition coefficient (Wildman–Crippen LogP) is 0.780. The third-order valence-corrected chi connectivity index (χ3v) is 2.50.